The van der Waals surface area contributed by atoms with Gasteiger partial charge >= 0.3 is 39.0 Å². The van der Waals surface area contributed by atoms with Gasteiger partial charge in [0.1, 0.15) is 0 Å². The summed E-state index contributed by atoms with van der Waals surface area (Å²) in [5.74, 6) is 0. The van der Waals surface area contributed by atoms with Crippen LogP contribution in [0.1, 0.15) is 0 Å². The Morgan fingerprint density at radius 2 is 0.375 bits per heavy atom. The van der Waals surface area contributed by atoms with E-state index in [1.165, 1.54) is 0 Å². The summed E-state index contributed by atoms with van der Waals surface area (Å²) in [5, 5.41) is 20.3. The van der Waals surface area contributed by atoms with Crippen LogP contribution in [0.4, 0.5) is 22.7 Å². The van der Waals surface area contributed by atoms with Crippen molar-refractivity contribution in [2.45, 2.75) is 0 Å². The van der Waals surface area contributed by atoms with Gasteiger partial charge < -0.3 is 10.6 Å². The summed E-state index contributed by atoms with van der Waals surface area (Å²) in [4.78, 5) is 63.5. The van der Waals surface area contributed by atoms with Gasteiger partial charge in [0.15, 0.2) is 0 Å². The first-order valence-corrected chi connectivity index (χ1v) is 30.4. The van der Waals surface area contributed by atoms with E-state index in [-0.39, 0.29) is 39.0 Å². The standard InChI is InChI=1S/C30H16N8.4C12H8N2.2Ru/c1-5-15-23(31-9-1)24-16(6-2-10-32-24)28-27(15)35-19-13-21-22(14-20(19)36-28)38-30-18-8-4-12-34-26(18)25-17(29(30)37-21)7-3-11-33-25;4*1-3-9-5-6-10-4-2-8-14-12(10)11(9)13-7-1;;/h1-14,35-36H;4*1-8H;;/q;;;;;2*+2. The fourth-order valence-corrected chi connectivity index (χ4v) is 12.4. The van der Waals surface area contributed by atoms with Crippen molar-refractivity contribution in [1.82, 2.24) is 69.8 Å². The molecule has 7 aromatic carbocycles. The van der Waals surface area contributed by atoms with E-state index in [9.17, 15) is 0 Å². The Kier molecular flexibility index (Phi) is 16.4. The molecule has 96 heavy (non-hydrogen) atoms. The molecule has 0 saturated heterocycles. The molecule has 0 unspecified atom stereocenters. The normalized spacial score (nSPS) is 11.3. The molecule has 13 aromatic heterocycles. The maximum atomic E-state index is 5.11. The second-order valence-electron chi connectivity index (χ2n) is 22.3. The second-order valence-corrected chi connectivity index (χ2v) is 22.3. The van der Waals surface area contributed by atoms with E-state index < -0.39 is 0 Å². The number of hydrogen-bond acceptors (Lipinski definition) is 16. The number of hydrogen-bond donors (Lipinski definition) is 2. The molecule has 16 nitrogen and oxygen atoms in total. The Balaban J connectivity index is 0.000000108. The number of pyridine rings is 12. The first kappa shape index (κ1) is 60.2. The number of nitrogens with one attached hydrogen (secondary N) is 2. The van der Waals surface area contributed by atoms with E-state index in [0.29, 0.717) is 0 Å². The predicted molar refractivity (Wildman–Crippen MR) is 379 cm³/mol. The molecule has 1 aliphatic rings. The molecule has 0 saturated carbocycles. The second kappa shape index (κ2) is 26.1. The molecule has 452 valence electrons. The molecule has 1 aliphatic heterocycles. The van der Waals surface area contributed by atoms with Crippen LogP contribution in [0.15, 0.2) is 281 Å². The minimum atomic E-state index is 0. The maximum absolute atomic E-state index is 5.11. The molecule has 18 heteroatoms. The summed E-state index contributed by atoms with van der Waals surface area (Å²) in [5.41, 5.74) is 18.2. The zero-order chi connectivity index (χ0) is 62.3. The third-order valence-corrected chi connectivity index (χ3v) is 16.7. The molecular formula is C78H48N16Ru2+4. The van der Waals surface area contributed by atoms with E-state index in [1.54, 1.807) is 74.4 Å². The van der Waals surface area contributed by atoms with Crippen molar-refractivity contribution in [3.63, 3.8) is 0 Å². The number of rotatable bonds is 0. The van der Waals surface area contributed by atoms with Gasteiger partial charge in [-0.05, 0) is 109 Å². The smallest absolute Gasteiger partial charge is 0.351 e. The number of aromatic nitrogens is 14. The summed E-state index contributed by atoms with van der Waals surface area (Å²) in [6, 6.07) is 68.6. The van der Waals surface area contributed by atoms with Gasteiger partial charge in [-0.1, -0.05) is 97.1 Å². The van der Waals surface area contributed by atoms with Crippen molar-refractivity contribution >= 4 is 176 Å². The average Bonchev–Trinajstić information content (AvgIpc) is 0.730. The summed E-state index contributed by atoms with van der Waals surface area (Å²) >= 11 is 0. The molecule has 0 bridgehead atoms. The van der Waals surface area contributed by atoms with E-state index in [1.807, 2.05) is 84.9 Å². The van der Waals surface area contributed by atoms with Gasteiger partial charge in [-0.2, -0.15) is 0 Å². The summed E-state index contributed by atoms with van der Waals surface area (Å²) in [6.45, 7) is 0. The van der Waals surface area contributed by atoms with Crippen LogP contribution in [0.5, 0.6) is 0 Å². The summed E-state index contributed by atoms with van der Waals surface area (Å²) < 4.78 is 0. The predicted octanol–water partition coefficient (Wildman–Crippen LogP) is 17.9. The van der Waals surface area contributed by atoms with Crippen LogP contribution < -0.4 is 10.6 Å². The van der Waals surface area contributed by atoms with Gasteiger partial charge in [0, 0.05) is 139 Å². The maximum Gasteiger partial charge on any atom is 2.00 e. The fourth-order valence-electron chi connectivity index (χ4n) is 12.4. The largest absolute Gasteiger partial charge is 2.00 e. The molecule has 21 rings (SSSR count). The Morgan fingerprint density at radius 1 is 0.188 bits per heavy atom. The summed E-state index contributed by atoms with van der Waals surface area (Å²) in [7, 11) is 0. The van der Waals surface area contributed by atoms with Crippen molar-refractivity contribution in [2.24, 2.45) is 0 Å². The SMILES string of the molecule is [Ru+2].[Ru+2].c1cnc2c(c1)c1c(c3cccnc32)Nc2cc3nc4c5cccnc5c5ncccc5c4nc3cc2N1.c1cnc2c(c1)ccc1cccnc12.c1cnc2c(c1)ccc1cccnc12.c1cnc2c(c1)ccc1cccnc12.c1cnc2c(c1)ccc1cccnc12. The molecule has 0 spiro atoms. The molecule has 0 fully saturated rings. The van der Waals surface area contributed by atoms with E-state index >= 15 is 0 Å². The van der Waals surface area contributed by atoms with E-state index in [0.717, 1.165) is 176 Å². The molecular weight excluding hydrogens is 1360 g/mol. The first-order valence-electron chi connectivity index (χ1n) is 30.4. The Morgan fingerprint density at radius 3 is 0.604 bits per heavy atom. The minimum absolute atomic E-state index is 0. The van der Waals surface area contributed by atoms with E-state index in [2.05, 4.69) is 192 Å². The van der Waals surface area contributed by atoms with Crippen molar-refractivity contribution in [3.05, 3.63) is 281 Å². The van der Waals surface area contributed by atoms with Crippen molar-refractivity contribution in [2.75, 3.05) is 10.6 Å². The van der Waals surface area contributed by atoms with E-state index in [4.69, 9.17) is 9.97 Å². The van der Waals surface area contributed by atoms with Crippen LogP contribution in [-0.2, 0) is 39.0 Å². The quantitative estimate of drug-likeness (QED) is 0.0823. The van der Waals surface area contributed by atoms with Gasteiger partial charge in [0.05, 0.1) is 111 Å². The molecule has 20 aromatic rings. The number of anilines is 4. The summed E-state index contributed by atoms with van der Waals surface area (Å²) in [6.07, 6.45) is 21.6. The fraction of sp³-hybridized carbons (Fsp3) is 0. The Bertz CT molecular complexity index is 5560. The molecule has 0 atom stereocenters. The van der Waals surface area contributed by atoms with Gasteiger partial charge in [-0.15, -0.1) is 0 Å². The molecule has 2 N–H and O–H groups in total. The van der Waals surface area contributed by atoms with Gasteiger partial charge in [-0.3, -0.25) is 59.8 Å². The van der Waals surface area contributed by atoms with Gasteiger partial charge in [-0.25, -0.2) is 9.97 Å². The van der Waals surface area contributed by atoms with Crippen LogP contribution in [0.2, 0.25) is 0 Å². The molecule has 0 amide bonds. The molecule has 14 heterocycles. The van der Waals surface area contributed by atoms with Crippen LogP contribution in [0, 0.1) is 0 Å². The third-order valence-electron chi connectivity index (χ3n) is 16.7. The molecule has 0 radical (unpaired) electrons. The van der Waals surface area contributed by atoms with Crippen molar-refractivity contribution in [3.8, 4) is 0 Å². The third kappa shape index (κ3) is 11.1. The number of fused-ring (bicyclic) bond motifs is 26. The van der Waals surface area contributed by atoms with Crippen molar-refractivity contribution in [1.29, 1.82) is 0 Å². The van der Waals surface area contributed by atoms with Crippen LogP contribution in [0.3, 0.4) is 0 Å². The number of benzene rings is 7. The Hall–Kier alpha value is -12.1. The first-order chi connectivity index (χ1) is 46.6. The van der Waals surface area contributed by atoms with Crippen LogP contribution in [-0.4, -0.2) is 69.8 Å². The minimum Gasteiger partial charge on any atom is -0.351 e. The van der Waals surface area contributed by atoms with Crippen molar-refractivity contribution < 1.29 is 39.0 Å². The Labute approximate surface area is 571 Å². The zero-order valence-corrected chi connectivity index (χ0v) is 54.0. The topological polar surface area (TPSA) is 205 Å². The monoisotopic (exact) mass is 1410 g/mol. The van der Waals surface area contributed by atoms with Crippen LogP contribution in [0.25, 0.3) is 153 Å². The van der Waals surface area contributed by atoms with Gasteiger partial charge in [0.2, 0.25) is 0 Å². The number of nitrogens with zero attached hydrogens (tertiary/aromatic N) is 14. The van der Waals surface area contributed by atoms with Gasteiger partial charge in [0.25, 0.3) is 0 Å². The van der Waals surface area contributed by atoms with Crippen LogP contribution >= 0.6 is 0 Å². The molecule has 0 aliphatic carbocycles. The average molecular weight is 1410 g/mol. The zero-order valence-electron chi connectivity index (χ0n) is 50.5.